The molecule has 2 aromatic heterocycles. The molecule has 2 unspecified atom stereocenters. The van der Waals surface area contributed by atoms with E-state index in [0.29, 0.717) is 0 Å². The maximum atomic E-state index is 4.59. The van der Waals surface area contributed by atoms with Gasteiger partial charge in [-0.15, -0.1) is 0 Å². The molecule has 2 atom stereocenters. The summed E-state index contributed by atoms with van der Waals surface area (Å²) in [7, 11) is 0. The van der Waals surface area contributed by atoms with Crippen molar-refractivity contribution in [3.63, 3.8) is 0 Å². The predicted octanol–water partition coefficient (Wildman–Crippen LogP) is 3.33. The zero-order chi connectivity index (χ0) is 14.7. The van der Waals surface area contributed by atoms with Crippen molar-refractivity contribution < 1.29 is 0 Å². The number of hydrogen-bond donors (Lipinski definition) is 1. The summed E-state index contributed by atoms with van der Waals surface area (Å²) in [4.78, 5) is 4.18. The minimum atomic E-state index is 0.266. The molecular weight excluding hydrogens is 248 g/mol. The van der Waals surface area contributed by atoms with Crippen LogP contribution in [0.5, 0.6) is 0 Å². The van der Waals surface area contributed by atoms with E-state index in [-0.39, 0.29) is 12.1 Å². The maximum absolute atomic E-state index is 4.59. The monoisotopic (exact) mass is 272 g/mol. The van der Waals surface area contributed by atoms with Crippen molar-refractivity contribution >= 4 is 0 Å². The Labute approximate surface area is 121 Å². The van der Waals surface area contributed by atoms with Crippen molar-refractivity contribution in [1.29, 1.82) is 0 Å². The molecule has 0 aromatic carbocycles. The fourth-order valence-electron chi connectivity index (χ4n) is 2.83. The molecule has 2 aromatic rings. The van der Waals surface area contributed by atoms with Crippen LogP contribution in [-0.4, -0.2) is 14.8 Å². The molecule has 0 bridgehead atoms. The number of nitrogens with zero attached hydrogens (tertiary/aromatic N) is 3. The smallest absolute Gasteiger partial charge is 0.0644 e. The Morgan fingerprint density at radius 2 is 2.00 bits per heavy atom. The first-order chi connectivity index (χ1) is 9.54. The van der Waals surface area contributed by atoms with E-state index in [2.05, 4.69) is 60.8 Å². The molecule has 1 N–H and O–H groups in total. The van der Waals surface area contributed by atoms with Gasteiger partial charge in [-0.25, -0.2) is 0 Å². The van der Waals surface area contributed by atoms with Gasteiger partial charge in [0.05, 0.1) is 5.69 Å². The van der Waals surface area contributed by atoms with Gasteiger partial charge in [0, 0.05) is 42.3 Å². The number of aryl methyl sites for hydroxylation is 2. The van der Waals surface area contributed by atoms with Gasteiger partial charge >= 0.3 is 0 Å². The molecule has 0 saturated carbocycles. The summed E-state index contributed by atoms with van der Waals surface area (Å²) in [5.74, 6) is 0. The Morgan fingerprint density at radius 3 is 2.55 bits per heavy atom. The van der Waals surface area contributed by atoms with Crippen molar-refractivity contribution in [2.24, 2.45) is 0 Å². The topological polar surface area (TPSA) is 42.7 Å². The Balaban J connectivity index is 2.16. The predicted molar refractivity (Wildman–Crippen MR) is 81.6 cm³/mol. The highest BCUT2D eigenvalue weighted by Crippen LogP contribution is 2.24. The van der Waals surface area contributed by atoms with Crippen LogP contribution in [0.1, 0.15) is 55.4 Å². The van der Waals surface area contributed by atoms with Gasteiger partial charge in [-0.1, -0.05) is 6.07 Å². The van der Waals surface area contributed by atoms with Crippen LogP contribution >= 0.6 is 0 Å². The molecular formula is C16H24N4. The molecule has 0 spiro atoms. The zero-order valence-electron chi connectivity index (χ0n) is 13.0. The SMILES string of the molecule is CCn1nc(C)c(C(C)NC(C)c2cccnc2)c1C. The molecule has 2 rings (SSSR count). The molecule has 108 valence electrons. The second-order valence-corrected chi connectivity index (χ2v) is 5.30. The van der Waals surface area contributed by atoms with Crippen molar-refractivity contribution in [3.8, 4) is 0 Å². The number of rotatable bonds is 5. The lowest BCUT2D eigenvalue weighted by molar-refractivity contribution is 0.490. The van der Waals surface area contributed by atoms with E-state index >= 15 is 0 Å². The van der Waals surface area contributed by atoms with Crippen molar-refractivity contribution in [2.45, 2.75) is 53.2 Å². The molecule has 0 saturated heterocycles. The molecule has 4 nitrogen and oxygen atoms in total. The third kappa shape index (κ3) is 2.90. The summed E-state index contributed by atoms with van der Waals surface area (Å²) < 4.78 is 2.07. The van der Waals surface area contributed by atoms with Crippen molar-refractivity contribution in [2.75, 3.05) is 0 Å². The van der Waals surface area contributed by atoms with E-state index in [1.165, 1.54) is 16.8 Å². The number of nitrogens with one attached hydrogen (secondary N) is 1. The largest absolute Gasteiger partial charge is 0.303 e. The standard InChI is InChI=1S/C16H24N4/c1-6-20-14(5)16(13(4)19-20)12(3)18-11(2)15-8-7-9-17-10-15/h7-12,18H,6H2,1-5H3. The molecule has 0 aliphatic rings. The first-order valence-corrected chi connectivity index (χ1v) is 7.24. The molecule has 2 heterocycles. The number of aromatic nitrogens is 3. The molecule has 0 radical (unpaired) electrons. The van der Waals surface area contributed by atoms with E-state index < -0.39 is 0 Å². The van der Waals surface area contributed by atoms with Gasteiger partial charge < -0.3 is 5.32 Å². The van der Waals surface area contributed by atoms with Gasteiger partial charge in [0.1, 0.15) is 0 Å². The van der Waals surface area contributed by atoms with Gasteiger partial charge in [-0.05, 0) is 46.2 Å². The van der Waals surface area contributed by atoms with Gasteiger partial charge in [-0.2, -0.15) is 5.10 Å². The maximum Gasteiger partial charge on any atom is 0.0644 e. The number of pyridine rings is 1. The van der Waals surface area contributed by atoms with E-state index in [1.807, 2.05) is 12.3 Å². The summed E-state index contributed by atoms with van der Waals surface area (Å²) in [5.41, 5.74) is 4.88. The van der Waals surface area contributed by atoms with Crippen LogP contribution < -0.4 is 5.32 Å². The first kappa shape index (κ1) is 14.7. The minimum Gasteiger partial charge on any atom is -0.303 e. The minimum absolute atomic E-state index is 0.266. The fourth-order valence-corrected chi connectivity index (χ4v) is 2.83. The summed E-state index contributed by atoms with van der Waals surface area (Å²) in [5, 5.41) is 8.23. The van der Waals surface area contributed by atoms with Gasteiger partial charge in [0.2, 0.25) is 0 Å². The second kappa shape index (κ2) is 6.18. The third-order valence-corrected chi connectivity index (χ3v) is 3.85. The van der Waals surface area contributed by atoms with Crippen LogP contribution in [0.2, 0.25) is 0 Å². The summed E-state index contributed by atoms with van der Waals surface area (Å²) >= 11 is 0. The highest BCUT2D eigenvalue weighted by molar-refractivity contribution is 5.28. The zero-order valence-corrected chi connectivity index (χ0v) is 13.0. The lowest BCUT2D eigenvalue weighted by Crippen LogP contribution is -2.23. The quantitative estimate of drug-likeness (QED) is 0.908. The molecule has 0 fully saturated rings. The van der Waals surface area contributed by atoms with Crippen LogP contribution in [0.25, 0.3) is 0 Å². The lowest BCUT2D eigenvalue weighted by Gasteiger charge is -2.21. The van der Waals surface area contributed by atoms with E-state index in [9.17, 15) is 0 Å². The Bertz CT molecular complexity index is 559. The van der Waals surface area contributed by atoms with Crippen LogP contribution in [0, 0.1) is 13.8 Å². The summed E-state index contributed by atoms with van der Waals surface area (Å²) in [6, 6.07) is 4.61. The molecule has 20 heavy (non-hydrogen) atoms. The summed E-state index contributed by atoms with van der Waals surface area (Å²) in [6.07, 6.45) is 3.72. The highest BCUT2D eigenvalue weighted by Gasteiger charge is 2.18. The Kier molecular flexibility index (Phi) is 4.55. The van der Waals surface area contributed by atoms with Gasteiger partial charge in [-0.3, -0.25) is 9.67 Å². The van der Waals surface area contributed by atoms with Crippen LogP contribution in [0.15, 0.2) is 24.5 Å². The van der Waals surface area contributed by atoms with Crippen LogP contribution in [-0.2, 0) is 6.54 Å². The Morgan fingerprint density at radius 1 is 1.25 bits per heavy atom. The van der Waals surface area contributed by atoms with Crippen molar-refractivity contribution in [1.82, 2.24) is 20.1 Å². The normalized spacial score (nSPS) is 14.2. The van der Waals surface area contributed by atoms with E-state index in [4.69, 9.17) is 0 Å². The van der Waals surface area contributed by atoms with E-state index in [1.54, 1.807) is 6.20 Å². The van der Waals surface area contributed by atoms with E-state index in [0.717, 1.165) is 12.2 Å². The molecule has 0 amide bonds. The lowest BCUT2D eigenvalue weighted by atomic mass is 10.0. The van der Waals surface area contributed by atoms with Crippen LogP contribution in [0.3, 0.4) is 0 Å². The first-order valence-electron chi connectivity index (χ1n) is 7.24. The molecule has 0 aliphatic carbocycles. The Hall–Kier alpha value is -1.68. The van der Waals surface area contributed by atoms with Gasteiger partial charge in [0.25, 0.3) is 0 Å². The van der Waals surface area contributed by atoms with Gasteiger partial charge in [0.15, 0.2) is 0 Å². The van der Waals surface area contributed by atoms with Crippen molar-refractivity contribution in [3.05, 3.63) is 47.0 Å². The molecule has 4 heteroatoms. The average molecular weight is 272 g/mol. The molecule has 0 aliphatic heterocycles. The summed E-state index contributed by atoms with van der Waals surface area (Å²) in [6.45, 7) is 11.6. The number of hydrogen-bond acceptors (Lipinski definition) is 3. The second-order valence-electron chi connectivity index (χ2n) is 5.30. The third-order valence-electron chi connectivity index (χ3n) is 3.85. The average Bonchev–Trinajstić information content (AvgIpc) is 2.74. The van der Waals surface area contributed by atoms with Crippen LogP contribution in [0.4, 0.5) is 0 Å². The fraction of sp³-hybridized carbons (Fsp3) is 0.500. The highest BCUT2D eigenvalue weighted by atomic mass is 15.3.